The molecule has 0 fully saturated rings. The van der Waals surface area contributed by atoms with Crippen molar-refractivity contribution in [1.29, 1.82) is 0 Å². The number of fused-ring (bicyclic) bond motifs is 1. The number of nitrogen functional groups attached to an aromatic ring is 1. The second-order valence-electron chi connectivity index (χ2n) is 6.29. The van der Waals surface area contributed by atoms with Crippen molar-refractivity contribution in [2.75, 3.05) is 35.6 Å². The molecule has 0 spiro atoms. The van der Waals surface area contributed by atoms with Gasteiger partial charge in [-0.2, -0.15) is 0 Å². The van der Waals surface area contributed by atoms with E-state index in [2.05, 4.69) is 19.2 Å². The number of para-hydroxylation sites is 1. The van der Waals surface area contributed by atoms with Gasteiger partial charge in [-0.25, -0.2) is 0 Å². The first-order chi connectivity index (χ1) is 11.5. The number of nitrogens with zero attached hydrogens (tertiary/aromatic N) is 1. The van der Waals surface area contributed by atoms with Crippen molar-refractivity contribution in [1.82, 2.24) is 0 Å². The number of hydrogen-bond acceptors (Lipinski definition) is 4. The molecular formula is C19H23N3O2. The number of amides is 1. The molecule has 5 nitrogen and oxygen atoms in total. The van der Waals surface area contributed by atoms with Gasteiger partial charge in [-0.15, -0.1) is 0 Å². The van der Waals surface area contributed by atoms with Crippen LogP contribution in [0.15, 0.2) is 42.5 Å². The zero-order valence-corrected chi connectivity index (χ0v) is 14.1. The molecule has 24 heavy (non-hydrogen) atoms. The Bertz CT molecular complexity index is 743. The molecule has 2 aromatic rings. The van der Waals surface area contributed by atoms with Gasteiger partial charge in [0.1, 0.15) is 12.4 Å². The number of rotatable bonds is 4. The summed E-state index contributed by atoms with van der Waals surface area (Å²) < 4.78 is 5.63. The quantitative estimate of drug-likeness (QED) is 0.847. The Labute approximate surface area is 142 Å². The van der Waals surface area contributed by atoms with Gasteiger partial charge in [0.2, 0.25) is 5.91 Å². The molecule has 0 saturated carbocycles. The Morgan fingerprint density at radius 3 is 2.88 bits per heavy atom. The van der Waals surface area contributed by atoms with E-state index in [-0.39, 0.29) is 12.5 Å². The Morgan fingerprint density at radius 2 is 2.08 bits per heavy atom. The Morgan fingerprint density at radius 1 is 1.29 bits per heavy atom. The average Bonchev–Trinajstić information content (AvgIpc) is 2.55. The summed E-state index contributed by atoms with van der Waals surface area (Å²) in [5.41, 5.74) is 9.38. The summed E-state index contributed by atoms with van der Waals surface area (Å²) in [7, 11) is 0. The van der Waals surface area contributed by atoms with Crippen LogP contribution in [0.25, 0.3) is 0 Å². The van der Waals surface area contributed by atoms with Gasteiger partial charge in [0.25, 0.3) is 0 Å². The van der Waals surface area contributed by atoms with Crippen LogP contribution in [-0.2, 0) is 4.79 Å². The van der Waals surface area contributed by atoms with Crippen LogP contribution in [0.4, 0.5) is 17.1 Å². The summed E-state index contributed by atoms with van der Waals surface area (Å²) in [6, 6.07) is 13.5. The van der Waals surface area contributed by atoms with Crippen LogP contribution in [0, 0.1) is 0 Å². The van der Waals surface area contributed by atoms with Crippen molar-refractivity contribution < 1.29 is 9.53 Å². The number of carbonyl (C=O) groups excluding carboxylic acids is 1. The maximum atomic E-state index is 12.5. The molecule has 0 atom stereocenters. The minimum atomic E-state index is -0.0345. The van der Waals surface area contributed by atoms with Gasteiger partial charge >= 0.3 is 0 Å². The molecular weight excluding hydrogens is 302 g/mol. The van der Waals surface area contributed by atoms with E-state index in [0.29, 0.717) is 24.8 Å². The maximum Gasteiger partial charge on any atom is 0.243 e. The predicted molar refractivity (Wildman–Crippen MR) is 97.7 cm³/mol. The fourth-order valence-electron chi connectivity index (χ4n) is 2.94. The second kappa shape index (κ2) is 6.83. The SMILES string of the molecule is CC(C)c1ccccc1NC(=O)CN1CCOc2cc(N)ccc21. The second-order valence-corrected chi connectivity index (χ2v) is 6.29. The normalized spacial score (nSPS) is 13.4. The lowest BCUT2D eigenvalue weighted by Crippen LogP contribution is -2.38. The van der Waals surface area contributed by atoms with Crippen LogP contribution in [0.5, 0.6) is 5.75 Å². The zero-order chi connectivity index (χ0) is 17.1. The van der Waals surface area contributed by atoms with E-state index < -0.39 is 0 Å². The molecule has 1 amide bonds. The minimum absolute atomic E-state index is 0.0345. The fraction of sp³-hybridized carbons (Fsp3) is 0.316. The molecule has 1 aliphatic rings. The number of carbonyl (C=O) groups is 1. The highest BCUT2D eigenvalue weighted by molar-refractivity contribution is 5.95. The molecule has 1 heterocycles. The first-order valence-electron chi connectivity index (χ1n) is 8.20. The fourth-order valence-corrected chi connectivity index (χ4v) is 2.94. The molecule has 126 valence electrons. The monoisotopic (exact) mass is 325 g/mol. The maximum absolute atomic E-state index is 12.5. The van der Waals surface area contributed by atoms with E-state index >= 15 is 0 Å². The Kier molecular flexibility index (Phi) is 4.60. The molecule has 3 N–H and O–H groups in total. The molecule has 0 bridgehead atoms. The summed E-state index contributed by atoms with van der Waals surface area (Å²) in [4.78, 5) is 14.5. The Hall–Kier alpha value is -2.69. The molecule has 0 aliphatic carbocycles. The molecule has 0 saturated heterocycles. The lowest BCUT2D eigenvalue weighted by atomic mass is 10.0. The van der Waals surface area contributed by atoms with Crippen LogP contribution >= 0.6 is 0 Å². The van der Waals surface area contributed by atoms with E-state index in [1.54, 1.807) is 6.07 Å². The zero-order valence-electron chi connectivity index (χ0n) is 14.1. The number of benzene rings is 2. The summed E-state index contributed by atoms with van der Waals surface area (Å²) in [6.45, 7) is 5.75. The first kappa shape index (κ1) is 16.2. The summed E-state index contributed by atoms with van der Waals surface area (Å²) in [5, 5.41) is 3.04. The van der Waals surface area contributed by atoms with Crippen molar-refractivity contribution in [2.45, 2.75) is 19.8 Å². The first-order valence-corrected chi connectivity index (χ1v) is 8.20. The van der Waals surface area contributed by atoms with Crippen molar-refractivity contribution >= 4 is 23.0 Å². The van der Waals surface area contributed by atoms with Gasteiger partial charge in [-0.3, -0.25) is 4.79 Å². The van der Waals surface area contributed by atoms with Gasteiger partial charge < -0.3 is 20.7 Å². The van der Waals surface area contributed by atoms with Crippen LogP contribution < -0.4 is 20.7 Å². The number of hydrogen-bond donors (Lipinski definition) is 2. The van der Waals surface area contributed by atoms with Gasteiger partial charge in [-0.05, 0) is 29.7 Å². The molecule has 1 aliphatic heterocycles. The third-order valence-corrected chi connectivity index (χ3v) is 4.13. The Balaban J connectivity index is 1.73. The lowest BCUT2D eigenvalue weighted by Gasteiger charge is -2.31. The number of nitrogens with two attached hydrogens (primary N) is 1. The predicted octanol–water partition coefficient (Wildman–Crippen LogP) is 3.23. The highest BCUT2D eigenvalue weighted by atomic mass is 16.5. The van der Waals surface area contributed by atoms with E-state index in [1.807, 2.05) is 41.3 Å². The third-order valence-electron chi connectivity index (χ3n) is 4.13. The van der Waals surface area contributed by atoms with Gasteiger partial charge in [0.05, 0.1) is 18.8 Å². The van der Waals surface area contributed by atoms with Gasteiger partial charge in [0, 0.05) is 17.4 Å². The standard InChI is InChI=1S/C19H23N3O2/c1-13(2)15-5-3-4-6-16(15)21-19(23)12-22-9-10-24-18-11-14(20)7-8-17(18)22/h3-8,11,13H,9-10,12,20H2,1-2H3,(H,21,23). The van der Waals surface area contributed by atoms with Crippen molar-refractivity contribution in [3.63, 3.8) is 0 Å². The topological polar surface area (TPSA) is 67.6 Å². The third kappa shape index (κ3) is 3.45. The summed E-state index contributed by atoms with van der Waals surface area (Å²) in [6.07, 6.45) is 0. The van der Waals surface area contributed by atoms with Crippen molar-refractivity contribution in [3.8, 4) is 5.75 Å². The molecule has 3 rings (SSSR count). The highest BCUT2D eigenvalue weighted by Gasteiger charge is 2.21. The number of nitrogens with one attached hydrogen (secondary N) is 1. The van der Waals surface area contributed by atoms with E-state index in [1.165, 1.54) is 0 Å². The minimum Gasteiger partial charge on any atom is -0.489 e. The summed E-state index contributed by atoms with van der Waals surface area (Å²) in [5.74, 6) is 1.05. The highest BCUT2D eigenvalue weighted by Crippen LogP contribution is 2.33. The van der Waals surface area contributed by atoms with Crippen molar-refractivity contribution in [3.05, 3.63) is 48.0 Å². The molecule has 5 heteroatoms. The lowest BCUT2D eigenvalue weighted by molar-refractivity contribution is -0.115. The van der Waals surface area contributed by atoms with E-state index in [4.69, 9.17) is 10.5 Å². The van der Waals surface area contributed by atoms with Crippen LogP contribution in [-0.4, -0.2) is 25.6 Å². The van der Waals surface area contributed by atoms with Gasteiger partial charge in [-0.1, -0.05) is 32.0 Å². The largest absolute Gasteiger partial charge is 0.489 e. The number of anilines is 3. The number of ether oxygens (including phenoxy) is 1. The summed E-state index contributed by atoms with van der Waals surface area (Å²) >= 11 is 0. The molecule has 0 radical (unpaired) electrons. The van der Waals surface area contributed by atoms with Crippen LogP contribution in [0.3, 0.4) is 0 Å². The van der Waals surface area contributed by atoms with E-state index in [0.717, 1.165) is 22.7 Å². The molecule has 0 unspecified atom stereocenters. The van der Waals surface area contributed by atoms with Crippen molar-refractivity contribution in [2.24, 2.45) is 0 Å². The molecule has 0 aromatic heterocycles. The van der Waals surface area contributed by atoms with Crippen LogP contribution in [0.2, 0.25) is 0 Å². The van der Waals surface area contributed by atoms with Gasteiger partial charge in [0.15, 0.2) is 0 Å². The average molecular weight is 325 g/mol. The van der Waals surface area contributed by atoms with E-state index in [9.17, 15) is 4.79 Å². The molecule has 2 aromatic carbocycles. The smallest absolute Gasteiger partial charge is 0.243 e. The van der Waals surface area contributed by atoms with Crippen LogP contribution in [0.1, 0.15) is 25.3 Å².